The van der Waals surface area contributed by atoms with E-state index >= 15 is 0 Å². The van der Waals surface area contributed by atoms with Gasteiger partial charge in [0.2, 0.25) is 11.7 Å². The Bertz CT molecular complexity index is 736. The van der Waals surface area contributed by atoms with E-state index in [2.05, 4.69) is 15.6 Å². The highest BCUT2D eigenvalue weighted by Crippen LogP contribution is 2.22. The molecule has 2 N–H and O–H groups in total. The van der Waals surface area contributed by atoms with Gasteiger partial charge in [0.25, 0.3) is 0 Å². The van der Waals surface area contributed by atoms with E-state index in [-0.39, 0.29) is 24.0 Å². The molecule has 0 aliphatic heterocycles. The average Bonchev–Trinajstić information content (AvgIpc) is 2.49. The van der Waals surface area contributed by atoms with Crippen LogP contribution in [0.2, 0.25) is 0 Å². The maximum Gasteiger partial charge on any atom is 0.311 e. The lowest BCUT2D eigenvalue weighted by Gasteiger charge is -2.13. The highest BCUT2D eigenvalue weighted by molar-refractivity contribution is 5.95. The van der Waals surface area contributed by atoms with Crippen molar-refractivity contribution in [1.29, 1.82) is 0 Å². The molecule has 7 heteroatoms. The van der Waals surface area contributed by atoms with Gasteiger partial charge in [-0.25, -0.2) is 4.98 Å². The number of hydrogen-bond donors (Lipinski definition) is 2. The third-order valence-electron chi connectivity index (χ3n) is 3.34. The first kappa shape index (κ1) is 16.4. The summed E-state index contributed by atoms with van der Waals surface area (Å²) in [6.07, 6.45) is 1.43. The van der Waals surface area contributed by atoms with Crippen molar-refractivity contribution in [3.8, 4) is 0 Å². The first-order valence-corrected chi connectivity index (χ1v) is 7.09. The molecule has 23 heavy (non-hydrogen) atoms. The Labute approximate surface area is 133 Å². The van der Waals surface area contributed by atoms with E-state index in [1.54, 1.807) is 0 Å². The number of aryl methyl sites for hydroxylation is 3. The van der Waals surface area contributed by atoms with E-state index in [1.165, 1.54) is 18.3 Å². The SMILES string of the molecule is Cc1cc(C)c(NC(=O)CNc2ncccc2[N+](=O)[O-])c(C)c1. The Hall–Kier alpha value is -2.96. The second-order valence-electron chi connectivity index (χ2n) is 5.30. The zero-order valence-corrected chi connectivity index (χ0v) is 13.2. The Balaban J connectivity index is 2.06. The number of aromatic nitrogens is 1. The first-order chi connectivity index (χ1) is 10.9. The van der Waals surface area contributed by atoms with Gasteiger partial charge in [-0.15, -0.1) is 0 Å². The smallest absolute Gasteiger partial charge is 0.311 e. The van der Waals surface area contributed by atoms with E-state index < -0.39 is 4.92 Å². The second kappa shape index (κ2) is 6.87. The predicted octanol–water partition coefficient (Wildman–Crippen LogP) is 2.97. The number of rotatable bonds is 5. The molecule has 1 amide bonds. The summed E-state index contributed by atoms with van der Waals surface area (Å²) in [5.74, 6) is -0.218. The minimum absolute atomic E-state index is 0.0741. The predicted molar refractivity (Wildman–Crippen MR) is 88.7 cm³/mol. The lowest BCUT2D eigenvalue weighted by atomic mass is 10.1. The maximum atomic E-state index is 12.1. The van der Waals surface area contributed by atoms with Gasteiger partial charge in [0.15, 0.2) is 0 Å². The largest absolute Gasteiger partial charge is 0.355 e. The molecule has 0 saturated heterocycles. The molecule has 0 atom stereocenters. The Morgan fingerprint density at radius 2 is 1.91 bits per heavy atom. The van der Waals surface area contributed by atoms with Crippen LogP contribution in [0.3, 0.4) is 0 Å². The van der Waals surface area contributed by atoms with Gasteiger partial charge in [0.05, 0.1) is 11.5 Å². The molecule has 1 heterocycles. The van der Waals surface area contributed by atoms with Crippen LogP contribution < -0.4 is 10.6 Å². The van der Waals surface area contributed by atoms with Crippen molar-refractivity contribution < 1.29 is 9.72 Å². The van der Waals surface area contributed by atoms with Crippen molar-refractivity contribution in [2.24, 2.45) is 0 Å². The number of benzene rings is 1. The van der Waals surface area contributed by atoms with Crippen LogP contribution in [0.25, 0.3) is 0 Å². The molecule has 7 nitrogen and oxygen atoms in total. The lowest BCUT2D eigenvalue weighted by molar-refractivity contribution is -0.384. The molecule has 0 fully saturated rings. The minimum Gasteiger partial charge on any atom is -0.355 e. The van der Waals surface area contributed by atoms with Crippen LogP contribution >= 0.6 is 0 Å². The van der Waals surface area contributed by atoms with E-state index in [9.17, 15) is 14.9 Å². The van der Waals surface area contributed by atoms with Gasteiger partial charge in [-0.1, -0.05) is 17.7 Å². The van der Waals surface area contributed by atoms with Crippen LogP contribution in [0.1, 0.15) is 16.7 Å². The van der Waals surface area contributed by atoms with Crippen molar-refractivity contribution in [2.75, 3.05) is 17.2 Å². The van der Waals surface area contributed by atoms with Crippen molar-refractivity contribution in [1.82, 2.24) is 4.98 Å². The van der Waals surface area contributed by atoms with Crippen LogP contribution in [0.4, 0.5) is 17.2 Å². The van der Waals surface area contributed by atoms with Crippen molar-refractivity contribution in [3.05, 3.63) is 57.3 Å². The number of nitrogens with one attached hydrogen (secondary N) is 2. The number of hydrogen-bond acceptors (Lipinski definition) is 5. The highest BCUT2D eigenvalue weighted by Gasteiger charge is 2.15. The van der Waals surface area contributed by atoms with Crippen LogP contribution in [-0.2, 0) is 4.79 Å². The van der Waals surface area contributed by atoms with Gasteiger partial charge < -0.3 is 10.6 Å². The van der Waals surface area contributed by atoms with Gasteiger partial charge in [0, 0.05) is 18.0 Å². The molecule has 0 unspecified atom stereocenters. The zero-order valence-electron chi connectivity index (χ0n) is 13.2. The van der Waals surface area contributed by atoms with Crippen LogP contribution in [0, 0.1) is 30.9 Å². The molecule has 0 spiro atoms. The summed E-state index contributed by atoms with van der Waals surface area (Å²) in [6, 6.07) is 6.78. The quantitative estimate of drug-likeness (QED) is 0.653. The van der Waals surface area contributed by atoms with E-state index in [4.69, 9.17) is 0 Å². The summed E-state index contributed by atoms with van der Waals surface area (Å²) in [6.45, 7) is 5.73. The Morgan fingerprint density at radius 3 is 2.52 bits per heavy atom. The lowest BCUT2D eigenvalue weighted by Crippen LogP contribution is -2.23. The monoisotopic (exact) mass is 314 g/mol. The summed E-state index contributed by atoms with van der Waals surface area (Å²) in [7, 11) is 0. The molecular weight excluding hydrogens is 296 g/mol. The topological polar surface area (TPSA) is 97.2 Å². The Kier molecular flexibility index (Phi) is 4.90. The molecule has 0 saturated carbocycles. The van der Waals surface area contributed by atoms with Gasteiger partial charge >= 0.3 is 5.69 Å². The fourth-order valence-electron chi connectivity index (χ4n) is 2.41. The van der Waals surface area contributed by atoms with Crippen molar-refractivity contribution >= 4 is 23.1 Å². The molecule has 2 aromatic rings. The molecule has 2 rings (SSSR count). The maximum absolute atomic E-state index is 12.1. The minimum atomic E-state index is -0.540. The summed E-state index contributed by atoms with van der Waals surface area (Å²) in [4.78, 5) is 26.3. The van der Waals surface area contributed by atoms with Crippen LogP contribution in [0.5, 0.6) is 0 Å². The third-order valence-corrected chi connectivity index (χ3v) is 3.34. The number of pyridine rings is 1. The summed E-state index contributed by atoms with van der Waals surface area (Å²) >= 11 is 0. The van der Waals surface area contributed by atoms with E-state index in [0.717, 1.165) is 22.4 Å². The zero-order chi connectivity index (χ0) is 17.0. The molecule has 120 valence electrons. The second-order valence-corrected chi connectivity index (χ2v) is 5.30. The highest BCUT2D eigenvalue weighted by atomic mass is 16.6. The third kappa shape index (κ3) is 4.03. The van der Waals surface area contributed by atoms with Gasteiger partial charge in [0.1, 0.15) is 0 Å². The molecule has 0 aliphatic rings. The molecule has 0 radical (unpaired) electrons. The van der Waals surface area contributed by atoms with Gasteiger partial charge in [-0.2, -0.15) is 0 Å². The first-order valence-electron chi connectivity index (χ1n) is 7.09. The molecule has 0 aliphatic carbocycles. The fraction of sp³-hybridized carbons (Fsp3) is 0.250. The van der Waals surface area contributed by atoms with Crippen LogP contribution in [0.15, 0.2) is 30.5 Å². The number of nitrogens with zero attached hydrogens (tertiary/aromatic N) is 2. The number of amides is 1. The number of nitro groups is 1. The fourth-order valence-corrected chi connectivity index (χ4v) is 2.41. The molecule has 0 bridgehead atoms. The van der Waals surface area contributed by atoms with E-state index in [1.807, 2.05) is 32.9 Å². The van der Waals surface area contributed by atoms with Crippen molar-refractivity contribution in [3.63, 3.8) is 0 Å². The van der Waals surface area contributed by atoms with Gasteiger partial charge in [-0.3, -0.25) is 14.9 Å². The van der Waals surface area contributed by atoms with Crippen molar-refractivity contribution in [2.45, 2.75) is 20.8 Å². The number of carbonyl (C=O) groups excluding carboxylic acids is 1. The Morgan fingerprint density at radius 1 is 1.26 bits per heavy atom. The summed E-state index contributed by atoms with van der Waals surface area (Å²) < 4.78 is 0. The van der Waals surface area contributed by atoms with Gasteiger partial charge in [-0.05, 0) is 38.0 Å². The normalized spacial score (nSPS) is 10.2. The number of anilines is 2. The van der Waals surface area contributed by atoms with Crippen LogP contribution in [-0.4, -0.2) is 22.4 Å². The average molecular weight is 314 g/mol. The number of carbonyl (C=O) groups is 1. The molecule has 1 aromatic heterocycles. The van der Waals surface area contributed by atoms with E-state index in [0.29, 0.717) is 0 Å². The standard InChI is InChI=1S/C16H18N4O3/c1-10-7-11(2)15(12(3)8-10)19-14(21)9-18-16-13(20(22)23)5-4-6-17-16/h4-8H,9H2,1-3H3,(H,17,18)(H,19,21). The molecular formula is C16H18N4O3. The molecule has 1 aromatic carbocycles. The summed E-state index contributed by atoms with van der Waals surface area (Å²) in [5, 5.41) is 16.4. The summed E-state index contributed by atoms with van der Waals surface area (Å²) in [5.41, 5.74) is 3.67.